The number of aryl methyl sites for hydroxylation is 1. The van der Waals surface area contributed by atoms with Gasteiger partial charge in [-0.3, -0.25) is 4.98 Å². The second-order valence-corrected chi connectivity index (χ2v) is 5.78. The van der Waals surface area contributed by atoms with E-state index in [0.29, 0.717) is 0 Å². The molecule has 0 amide bonds. The summed E-state index contributed by atoms with van der Waals surface area (Å²) in [5, 5.41) is 2.34. The molecule has 0 fully saturated rings. The van der Waals surface area contributed by atoms with Crippen molar-refractivity contribution in [2.24, 2.45) is 0 Å². The van der Waals surface area contributed by atoms with Crippen LogP contribution in [-0.2, 0) is 0 Å². The van der Waals surface area contributed by atoms with Crippen LogP contribution in [0.25, 0.3) is 33.1 Å². The number of benzene rings is 2. The molecule has 4 aromatic rings. The van der Waals surface area contributed by atoms with E-state index in [9.17, 15) is 0 Å². The van der Waals surface area contributed by atoms with Crippen molar-refractivity contribution in [2.45, 2.75) is 6.92 Å². The molecule has 120 valence electrons. The van der Waals surface area contributed by atoms with E-state index in [2.05, 4.69) is 17.1 Å². The molecular formula is C20H18N2O2. The summed E-state index contributed by atoms with van der Waals surface area (Å²) in [5.74, 6) is 1.69. The minimum Gasteiger partial charge on any atom is -0.497 e. The topological polar surface area (TPSA) is 47.1 Å². The van der Waals surface area contributed by atoms with Crippen molar-refractivity contribution in [3.8, 4) is 22.8 Å². The van der Waals surface area contributed by atoms with E-state index >= 15 is 0 Å². The molecule has 4 heteroatoms. The van der Waals surface area contributed by atoms with Crippen LogP contribution in [0.2, 0.25) is 0 Å². The number of aromatic amines is 1. The average molecular weight is 318 g/mol. The third-order valence-corrected chi connectivity index (χ3v) is 4.36. The molecule has 0 radical (unpaired) electrons. The summed E-state index contributed by atoms with van der Waals surface area (Å²) >= 11 is 0. The van der Waals surface area contributed by atoms with Gasteiger partial charge in [0.1, 0.15) is 11.5 Å². The van der Waals surface area contributed by atoms with Crippen LogP contribution in [0.5, 0.6) is 11.5 Å². The maximum Gasteiger partial charge on any atom is 0.120 e. The maximum absolute atomic E-state index is 5.32. The van der Waals surface area contributed by atoms with E-state index < -0.39 is 0 Å². The number of rotatable bonds is 3. The Morgan fingerprint density at radius 2 is 1.54 bits per heavy atom. The van der Waals surface area contributed by atoms with E-state index in [1.54, 1.807) is 14.2 Å². The highest BCUT2D eigenvalue weighted by atomic mass is 16.5. The van der Waals surface area contributed by atoms with Crippen molar-refractivity contribution in [1.29, 1.82) is 0 Å². The lowest BCUT2D eigenvalue weighted by Gasteiger charge is -2.05. The third kappa shape index (κ3) is 2.27. The van der Waals surface area contributed by atoms with Gasteiger partial charge in [-0.2, -0.15) is 0 Å². The predicted octanol–water partition coefficient (Wildman–Crippen LogP) is 4.71. The van der Waals surface area contributed by atoms with Crippen LogP contribution < -0.4 is 9.47 Å². The molecule has 0 saturated carbocycles. The van der Waals surface area contributed by atoms with Gasteiger partial charge in [0.05, 0.1) is 36.6 Å². The lowest BCUT2D eigenvalue weighted by atomic mass is 10.1. The molecule has 0 bridgehead atoms. The molecule has 0 aliphatic rings. The number of methoxy groups -OCH3 is 2. The van der Waals surface area contributed by atoms with Crippen LogP contribution in [0, 0.1) is 6.92 Å². The second kappa shape index (κ2) is 5.57. The number of hydrogen-bond donors (Lipinski definition) is 1. The molecule has 2 aromatic heterocycles. The van der Waals surface area contributed by atoms with Crippen LogP contribution >= 0.6 is 0 Å². The van der Waals surface area contributed by atoms with E-state index in [1.807, 2.05) is 43.3 Å². The van der Waals surface area contributed by atoms with E-state index in [1.165, 1.54) is 10.8 Å². The molecule has 0 atom stereocenters. The highest BCUT2D eigenvalue weighted by molar-refractivity contribution is 6.09. The number of aromatic nitrogens is 2. The van der Waals surface area contributed by atoms with E-state index in [0.717, 1.165) is 39.5 Å². The van der Waals surface area contributed by atoms with Gasteiger partial charge in [-0.25, -0.2) is 0 Å². The van der Waals surface area contributed by atoms with Crippen molar-refractivity contribution < 1.29 is 9.47 Å². The fourth-order valence-electron chi connectivity index (χ4n) is 3.08. The van der Waals surface area contributed by atoms with Gasteiger partial charge in [0, 0.05) is 22.4 Å². The standard InChI is InChI=1S/C20H18N2O2/c1-12-20-17(16-9-8-15(24-3)10-19(16)22-20)11-18(21-12)13-4-6-14(23-2)7-5-13/h4-11,22H,1-3H3. The number of H-pyrrole nitrogens is 1. The number of fused-ring (bicyclic) bond motifs is 3. The van der Waals surface area contributed by atoms with Crippen LogP contribution in [0.4, 0.5) is 0 Å². The Morgan fingerprint density at radius 3 is 2.25 bits per heavy atom. The van der Waals surface area contributed by atoms with Crippen LogP contribution in [0.3, 0.4) is 0 Å². The first kappa shape index (κ1) is 14.6. The van der Waals surface area contributed by atoms with E-state index in [4.69, 9.17) is 14.5 Å². The normalized spacial score (nSPS) is 11.1. The number of nitrogens with one attached hydrogen (secondary N) is 1. The van der Waals surface area contributed by atoms with Gasteiger partial charge < -0.3 is 14.5 Å². The SMILES string of the molecule is COc1ccc(-c2cc3c([nH]c4cc(OC)ccc43)c(C)n2)cc1. The van der Waals surface area contributed by atoms with Crippen molar-refractivity contribution in [1.82, 2.24) is 9.97 Å². The molecule has 2 aromatic carbocycles. The van der Waals surface area contributed by atoms with Crippen molar-refractivity contribution in [3.63, 3.8) is 0 Å². The molecule has 0 aliphatic carbocycles. The highest BCUT2D eigenvalue weighted by Crippen LogP contribution is 2.32. The summed E-state index contributed by atoms with van der Waals surface area (Å²) in [6.45, 7) is 2.03. The van der Waals surface area contributed by atoms with Crippen molar-refractivity contribution >= 4 is 21.8 Å². The number of nitrogens with zero attached hydrogens (tertiary/aromatic N) is 1. The Balaban J connectivity index is 1.93. The number of ether oxygens (including phenoxy) is 2. The predicted molar refractivity (Wildman–Crippen MR) is 96.9 cm³/mol. The zero-order chi connectivity index (χ0) is 16.7. The quantitative estimate of drug-likeness (QED) is 0.595. The lowest BCUT2D eigenvalue weighted by Crippen LogP contribution is -1.89. The molecule has 2 heterocycles. The summed E-state index contributed by atoms with van der Waals surface area (Å²) in [4.78, 5) is 8.22. The van der Waals surface area contributed by atoms with Gasteiger partial charge in [-0.15, -0.1) is 0 Å². The summed E-state index contributed by atoms with van der Waals surface area (Å²) in [6.07, 6.45) is 0. The summed E-state index contributed by atoms with van der Waals surface area (Å²) in [5.41, 5.74) is 5.13. The Hall–Kier alpha value is -3.01. The van der Waals surface area contributed by atoms with Gasteiger partial charge in [-0.1, -0.05) is 0 Å². The first-order chi connectivity index (χ1) is 11.7. The molecule has 0 spiro atoms. The monoisotopic (exact) mass is 318 g/mol. The molecule has 0 saturated heterocycles. The number of pyridine rings is 1. The Labute approximate surface area is 140 Å². The van der Waals surface area contributed by atoms with Gasteiger partial charge in [0.2, 0.25) is 0 Å². The van der Waals surface area contributed by atoms with Crippen molar-refractivity contribution in [2.75, 3.05) is 14.2 Å². The van der Waals surface area contributed by atoms with Crippen molar-refractivity contribution in [3.05, 3.63) is 54.2 Å². The molecule has 0 aliphatic heterocycles. The smallest absolute Gasteiger partial charge is 0.120 e. The molecular weight excluding hydrogens is 300 g/mol. The lowest BCUT2D eigenvalue weighted by molar-refractivity contribution is 0.415. The third-order valence-electron chi connectivity index (χ3n) is 4.36. The van der Waals surface area contributed by atoms with Gasteiger partial charge in [0.15, 0.2) is 0 Å². The average Bonchev–Trinajstić information content (AvgIpc) is 3.00. The minimum atomic E-state index is 0.843. The van der Waals surface area contributed by atoms with Gasteiger partial charge in [-0.05, 0) is 49.4 Å². The van der Waals surface area contributed by atoms with Gasteiger partial charge in [0.25, 0.3) is 0 Å². The Bertz CT molecular complexity index is 1030. The summed E-state index contributed by atoms with van der Waals surface area (Å²) < 4.78 is 10.5. The molecule has 4 rings (SSSR count). The molecule has 4 nitrogen and oxygen atoms in total. The van der Waals surface area contributed by atoms with Crippen LogP contribution in [0.1, 0.15) is 5.69 Å². The van der Waals surface area contributed by atoms with E-state index in [-0.39, 0.29) is 0 Å². The zero-order valence-electron chi connectivity index (χ0n) is 13.9. The van der Waals surface area contributed by atoms with Crippen LogP contribution in [0.15, 0.2) is 48.5 Å². The first-order valence-corrected chi connectivity index (χ1v) is 7.81. The minimum absolute atomic E-state index is 0.843. The Morgan fingerprint density at radius 1 is 0.833 bits per heavy atom. The zero-order valence-corrected chi connectivity index (χ0v) is 13.9. The van der Waals surface area contributed by atoms with Gasteiger partial charge >= 0.3 is 0 Å². The second-order valence-electron chi connectivity index (χ2n) is 5.78. The summed E-state index contributed by atoms with van der Waals surface area (Å²) in [7, 11) is 3.35. The number of hydrogen-bond acceptors (Lipinski definition) is 3. The van der Waals surface area contributed by atoms with Crippen LogP contribution in [-0.4, -0.2) is 24.2 Å². The Kier molecular flexibility index (Phi) is 3.38. The maximum atomic E-state index is 5.32. The fraction of sp³-hybridized carbons (Fsp3) is 0.150. The molecule has 0 unspecified atom stereocenters. The highest BCUT2D eigenvalue weighted by Gasteiger charge is 2.11. The largest absolute Gasteiger partial charge is 0.497 e. The molecule has 1 N–H and O–H groups in total. The fourth-order valence-corrected chi connectivity index (χ4v) is 3.08. The first-order valence-electron chi connectivity index (χ1n) is 7.81. The molecule has 24 heavy (non-hydrogen) atoms. The summed E-state index contributed by atoms with van der Waals surface area (Å²) in [6, 6.07) is 16.2.